The minimum Gasteiger partial charge on any atom is -0.361 e. The number of hydrogen-bond acceptors (Lipinski definition) is 1. The Balaban J connectivity index is 2.66. The van der Waals surface area contributed by atoms with Crippen LogP contribution in [0, 0.1) is 3.57 Å². The van der Waals surface area contributed by atoms with Gasteiger partial charge in [-0.1, -0.05) is 11.6 Å². The molecule has 0 bridgehead atoms. The zero-order valence-electron chi connectivity index (χ0n) is 5.72. The highest BCUT2D eigenvalue weighted by atomic mass is 127. The van der Waals surface area contributed by atoms with Gasteiger partial charge in [-0.15, -0.1) is 0 Å². The van der Waals surface area contributed by atoms with Crippen molar-refractivity contribution in [1.29, 1.82) is 0 Å². The molecular formula is C8H7ClIN. The highest BCUT2D eigenvalue weighted by Crippen LogP contribution is 2.10. The molecule has 0 fully saturated rings. The van der Waals surface area contributed by atoms with Gasteiger partial charge in [-0.3, -0.25) is 0 Å². The van der Waals surface area contributed by atoms with Gasteiger partial charge in [0.25, 0.3) is 0 Å². The summed E-state index contributed by atoms with van der Waals surface area (Å²) in [7, 11) is 0. The van der Waals surface area contributed by atoms with Crippen molar-refractivity contribution in [2.75, 3.05) is 5.32 Å². The first-order valence-electron chi connectivity index (χ1n) is 3.10. The van der Waals surface area contributed by atoms with E-state index in [-0.39, 0.29) is 0 Å². The van der Waals surface area contributed by atoms with Crippen molar-refractivity contribution in [3.8, 4) is 0 Å². The van der Waals surface area contributed by atoms with Crippen LogP contribution in [0.1, 0.15) is 0 Å². The second kappa shape index (κ2) is 4.62. The number of anilines is 1. The van der Waals surface area contributed by atoms with Crippen molar-refractivity contribution >= 4 is 39.9 Å². The Labute approximate surface area is 84.6 Å². The molecule has 1 N–H and O–H groups in total. The normalized spacial score (nSPS) is 10.4. The minimum absolute atomic E-state index is 1.04. The fraction of sp³-hybridized carbons (Fsp3) is 0. The van der Waals surface area contributed by atoms with Gasteiger partial charge >= 0.3 is 0 Å². The zero-order valence-corrected chi connectivity index (χ0v) is 8.63. The van der Waals surface area contributed by atoms with Crippen LogP contribution in [0.3, 0.4) is 0 Å². The molecule has 0 heterocycles. The summed E-state index contributed by atoms with van der Waals surface area (Å²) in [5.74, 6) is 0. The number of benzene rings is 1. The van der Waals surface area contributed by atoms with Gasteiger partial charge in [0.1, 0.15) is 0 Å². The maximum absolute atomic E-state index is 5.34. The molecule has 0 unspecified atom stereocenters. The Bertz CT molecular complexity index is 243. The number of rotatable bonds is 2. The van der Waals surface area contributed by atoms with Gasteiger partial charge in [0.2, 0.25) is 0 Å². The zero-order chi connectivity index (χ0) is 8.10. The summed E-state index contributed by atoms with van der Waals surface area (Å²) in [5, 5.41) is 3.01. The highest BCUT2D eigenvalue weighted by molar-refractivity contribution is 14.1. The van der Waals surface area contributed by atoms with Crippen LogP contribution in [-0.2, 0) is 0 Å². The van der Waals surface area contributed by atoms with E-state index >= 15 is 0 Å². The first kappa shape index (κ1) is 8.87. The molecule has 0 aromatic heterocycles. The van der Waals surface area contributed by atoms with E-state index in [1.165, 1.54) is 9.11 Å². The molecule has 0 aliphatic carbocycles. The molecule has 58 valence electrons. The van der Waals surface area contributed by atoms with Gasteiger partial charge in [-0.25, -0.2) is 0 Å². The van der Waals surface area contributed by atoms with Crippen molar-refractivity contribution in [2.24, 2.45) is 0 Å². The first-order valence-corrected chi connectivity index (χ1v) is 4.62. The molecule has 1 nitrogen and oxygen atoms in total. The number of hydrogen-bond donors (Lipinski definition) is 1. The average molecular weight is 280 g/mol. The van der Waals surface area contributed by atoms with Gasteiger partial charge in [-0.05, 0) is 46.9 Å². The molecule has 11 heavy (non-hydrogen) atoms. The summed E-state index contributed by atoms with van der Waals surface area (Å²) in [4.78, 5) is 0. The van der Waals surface area contributed by atoms with Crippen LogP contribution in [0.15, 0.2) is 36.0 Å². The van der Waals surface area contributed by atoms with E-state index in [9.17, 15) is 0 Å². The fourth-order valence-corrected chi connectivity index (χ4v) is 1.10. The lowest BCUT2D eigenvalue weighted by molar-refractivity contribution is 1.56. The molecule has 1 aromatic rings. The van der Waals surface area contributed by atoms with Gasteiger partial charge in [-0.2, -0.15) is 0 Å². The summed E-state index contributed by atoms with van der Waals surface area (Å²) in [6.45, 7) is 0. The van der Waals surface area contributed by atoms with Gasteiger partial charge in [0.05, 0.1) is 0 Å². The Morgan fingerprint density at radius 1 is 1.27 bits per heavy atom. The Morgan fingerprint density at radius 3 is 2.45 bits per heavy atom. The van der Waals surface area contributed by atoms with Gasteiger partial charge in [0.15, 0.2) is 0 Å². The predicted octanol–water partition coefficient (Wildman–Crippen LogP) is 3.41. The topological polar surface area (TPSA) is 12.0 Å². The Morgan fingerprint density at radius 2 is 1.91 bits per heavy atom. The molecule has 0 saturated heterocycles. The van der Waals surface area contributed by atoms with Crippen molar-refractivity contribution in [2.45, 2.75) is 0 Å². The van der Waals surface area contributed by atoms with Crippen molar-refractivity contribution < 1.29 is 0 Å². The third kappa shape index (κ3) is 3.12. The summed E-state index contributed by atoms with van der Waals surface area (Å²) >= 11 is 7.60. The van der Waals surface area contributed by atoms with Crippen molar-refractivity contribution in [3.63, 3.8) is 0 Å². The van der Waals surface area contributed by atoms with Crippen molar-refractivity contribution in [1.82, 2.24) is 0 Å². The fourth-order valence-electron chi connectivity index (χ4n) is 0.674. The lowest BCUT2D eigenvalue weighted by Crippen LogP contribution is -1.85. The molecular weight excluding hydrogens is 272 g/mol. The van der Waals surface area contributed by atoms with Crippen LogP contribution in [-0.4, -0.2) is 0 Å². The van der Waals surface area contributed by atoms with Crippen LogP contribution in [0.2, 0.25) is 0 Å². The van der Waals surface area contributed by atoms with Crippen molar-refractivity contribution in [3.05, 3.63) is 39.6 Å². The predicted molar refractivity (Wildman–Crippen MR) is 57.8 cm³/mol. The summed E-state index contributed by atoms with van der Waals surface area (Å²) in [5.41, 5.74) is 2.49. The van der Waals surface area contributed by atoms with E-state index in [4.69, 9.17) is 11.6 Å². The van der Waals surface area contributed by atoms with E-state index in [1.54, 1.807) is 6.20 Å². The van der Waals surface area contributed by atoms with Gasteiger partial charge < -0.3 is 5.32 Å². The second-order valence-corrected chi connectivity index (χ2v) is 3.44. The van der Waals surface area contributed by atoms with Gasteiger partial charge in [0, 0.05) is 21.0 Å². The van der Waals surface area contributed by atoms with Crippen LogP contribution in [0.5, 0.6) is 0 Å². The summed E-state index contributed by atoms with van der Waals surface area (Å²) in [6.07, 6.45) is 1.68. The van der Waals surface area contributed by atoms with Crippen LogP contribution < -0.4 is 5.32 Å². The monoisotopic (exact) mass is 279 g/mol. The first-order chi connectivity index (χ1) is 5.33. The van der Waals surface area contributed by atoms with Crippen LogP contribution in [0.4, 0.5) is 5.69 Å². The molecule has 3 heteroatoms. The van der Waals surface area contributed by atoms with E-state index in [2.05, 4.69) is 27.9 Å². The lowest BCUT2D eigenvalue weighted by atomic mass is 10.3. The summed E-state index contributed by atoms with van der Waals surface area (Å²) < 4.78 is 1.23. The van der Waals surface area contributed by atoms with Crippen LogP contribution >= 0.6 is 34.2 Å². The molecule has 0 amide bonds. The molecule has 0 radical (unpaired) electrons. The highest BCUT2D eigenvalue weighted by Gasteiger charge is 1.86. The maximum atomic E-state index is 5.34. The molecule has 1 aromatic carbocycles. The second-order valence-electron chi connectivity index (χ2n) is 1.94. The molecule has 0 spiro atoms. The quantitative estimate of drug-likeness (QED) is 0.818. The molecule has 0 aliphatic rings. The smallest absolute Gasteiger partial charge is 0.0380 e. The third-order valence-corrected chi connectivity index (χ3v) is 2.00. The Kier molecular flexibility index (Phi) is 3.72. The third-order valence-electron chi connectivity index (χ3n) is 1.16. The average Bonchev–Trinajstić information content (AvgIpc) is 2.04. The molecule has 1 rings (SSSR count). The molecule has 0 aliphatic heterocycles. The van der Waals surface area contributed by atoms with E-state index in [0.717, 1.165) is 5.69 Å². The molecule has 0 atom stereocenters. The van der Waals surface area contributed by atoms with Crippen LogP contribution in [0.25, 0.3) is 0 Å². The largest absolute Gasteiger partial charge is 0.361 e. The Hall–Kier alpha value is -0.220. The number of nitrogens with one attached hydrogen (secondary N) is 1. The number of halogens is 2. The van der Waals surface area contributed by atoms with E-state index < -0.39 is 0 Å². The minimum atomic E-state index is 1.04. The lowest BCUT2D eigenvalue weighted by Gasteiger charge is -1.98. The summed E-state index contributed by atoms with van der Waals surface area (Å²) in [6, 6.07) is 8.06. The maximum Gasteiger partial charge on any atom is 0.0380 e. The van der Waals surface area contributed by atoms with E-state index in [1.807, 2.05) is 24.3 Å². The SMILES string of the molecule is ClC=CNc1ccc(I)cc1. The standard InChI is InChI=1S/C8H7ClIN/c9-5-6-11-8-3-1-7(10)2-4-8/h1-6,11H. The molecule has 0 saturated carbocycles. The van der Waals surface area contributed by atoms with E-state index in [0.29, 0.717) is 0 Å².